The Bertz CT molecular complexity index is 2000. The molecule has 218 valence electrons. The van der Waals surface area contributed by atoms with E-state index in [0.29, 0.717) is 48.1 Å². The lowest BCUT2D eigenvalue weighted by Gasteiger charge is -2.31. The SMILES string of the molecule is Cc1nn(Cc2ccccc2)cc1-c1ccc(N2CCc3cccc(C(=O)Nc4nc5ccccc5s4)c3C2)nc1C(=O)O. The molecular weight excluding hydrogens is 572 g/mol. The van der Waals surface area contributed by atoms with Crippen molar-refractivity contribution in [2.75, 3.05) is 16.8 Å². The van der Waals surface area contributed by atoms with E-state index < -0.39 is 5.97 Å². The Balaban J connectivity index is 1.15. The summed E-state index contributed by atoms with van der Waals surface area (Å²) in [6.07, 6.45) is 2.58. The van der Waals surface area contributed by atoms with Gasteiger partial charge in [0.05, 0.1) is 22.5 Å². The zero-order chi connectivity index (χ0) is 30.2. The van der Waals surface area contributed by atoms with E-state index in [0.717, 1.165) is 38.2 Å². The second-order valence-electron chi connectivity index (χ2n) is 10.7. The number of carbonyl (C=O) groups excluding carboxylic acids is 1. The molecule has 0 saturated heterocycles. The fourth-order valence-corrected chi connectivity index (χ4v) is 6.58. The maximum atomic E-state index is 13.4. The van der Waals surface area contributed by atoms with E-state index in [-0.39, 0.29) is 11.6 Å². The molecule has 0 spiro atoms. The number of hydrogen-bond acceptors (Lipinski definition) is 7. The first-order valence-corrected chi connectivity index (χ1v) is 15.1. The first-order chi connectivity index (χ1) is 21.4. The van der Waals surface area contributed by atoms with Crippen LogP contribution in [0, 0.1) is 6.92 Å². The van der Waals surface area contributed by atoms with Gasteiger partial charge in [0.15, 0.2) is 10.8 Å². The number of aromatic carboxylic acids is 1. The molecule has 0 bridgehead atoms. The minimum atomic E-state index is -1.11. The summed E-state index contributed by atoms with van der Waals surface area (Å²) in [4.78, 5) is 37.1. The van der Waals surface area contributed by atoms with Crippen molar-refractivity contribution in [1.29, 1.82) is 0 Å². The molecule has 1 aliphatic heterocycles. The van der Waals surface area contributed by atoms with Crippen molar-refractivity contribution in [3.05, 3.63) is 125 Å². The number of nitrogens with zero attached hydrogens (tertiary/aromatic N) is 5. The van der Waals surface area contributed by atoms with Crippen molar-refractivity contribution in [1.82, 2.24) is 19.7 Å². The highest BCUT2D eigenvalue weighted by Gasteiger charge is 2.25. The number of pyridine rings is 1. The largest absolute Gasteiger partial charge is 0.476 e. The van der Waals surface area contributed by atoms with Crippen molar-refractivity contribution in [3.8, 4) is 11.1 Å². The van der Waals surface area contributed by atoms with Gasteiger partial charge in [-0.2, -0.15) is 5.10 Å². The van der Waals surface area contributed by atoms with Crippen molar-refractivity contribution in [2.24, 2.45) is 0 Å². The highest BCUT2D eigenvalue weighted by atomic mass is 32.1. The van der Waals surface area contributed by atoms with Gasteiger partial charge in [0.2, 0.25) is 0 Å². The van der Waals surface area contributed by atoms with Gasteiger partial charge in [-0.15, -0.1) is 0 Å². The fourth-order valence-electron chi connectivity index (χ4n) is 5.72. The molecule has 0 radical (unpaired) electrons. The normalized spacial score (nSPS) is 12.7. The van der Waals surface area contributed by atoms with Gasteiger partial charge in [-0.25, -0.2) is 14.8 Å². The first-order valence-electron chi connectivity index (χ1n) is 14.3. The lowest BCUT2D eigenvalue weighted by atomic mass is 9.94. The summed E-state index contributed by atoms with van der Waals surface area (Å²) in [5.74, 6) is -0.779. The van der Waals surface area contributed by atoms with Gasteiger partial charge in [0.1, 0.15) is 5.82 Å². The minimum Gasteiger partial charge on any atom is -0.476 e. The Morgan fingerprint density at radius 2 is 1.75 bits per heavy atom. The van der Waals surface area contributed by atoms with Crippen molar-refractivity contribution >= 4 is 44.4 Å². The van der Waals surface area contributed by atoms with E-state index in [1.54, 1.807) is 0 Å². The Labute approximate surface area is 257 Å². The standard InChI is InChI=1S/C34H28N6O3S/c1-21-26(20-40(38-21)18-22-8-3-2-4-9-22)24-14-15-30(36-31(24)33(42)43)39-17-16-23-10-7-11-25(27(23)19-39)32(41)37-34-35-28-12-5-6-13-29(28)44-34/h2-15,20H,16-19H2,1H3,(H,42,43)(H,35,37,41). The zero-order valence-electron chi connectivity index (χ0n) is 23.9. The summed E-state index contributed by atoms with van der Waals surface area (Å²) in [6, 6.07) is 27.2. The predicted octanol–water partition coefficient (Wildman–Crippen LogP) is 6.42. The fraction of sp³-hybridized carbons (Fsp3) is 0.147. The van der Waals surface area contributed by atoms with Crippen LogP contribution in [0.3, 0.4) is 0 Å². The smallest absolute Gasteiger partial charge is 0.355 e. The van der Waals surface area contributed by atoms with Gasteiger partial charge < -0.3 is 10.0 Å². The summed E-state index contributed by atoms with van der Waals surface area (Å²) in [6.45, 7) is 3.53. The van der Waals surface area contributed by atoms with Gasteiger partial charge in [-0.1, -0.05) is 65.9 Å². The number of carboxylic acid groups (broad SMARTS) is 1. The van der Waals surface area contributed by atoms with Crippen LogP contribution in [-0.4, -0.2) is 43.3 Å². The first kappa shape index (κ1) is 27.5. The Hall–Kier alpha value is -5.35. The van der Waals surface area contributed by atoms with Crippen LogP contribution in [0.25, 0.3) is 21.3 Å². The molecule has 0 unspecified atom stereocenters. The van der Waals surface area contributed by atoms with Gasteiger partial charge in [-0.05, 0) is 60.4 Å². The Morgan fingerprint density at radius 1 is 0.932 bits per heavy atom. The third-order valence-electron chi connectivity index (χ3n) is 7.86. The van der Waals surface area contributed by atoms with Gasteiger partial charge >= 0.3 is 5.97 Å². The summed E-state index contributed by atoms with van der Waals surface area (Å²) in [5.41, 5.74) is 6.46. The molecular formula is C34H28N6O3S. The van der Waals surface area contributed by atoms with Crippen molar-refractivity contribution in [3.63, 3.8) is 0 Å². The average molecular weight is 601 g/mol. The average Bonchev–Trinajstić information content (AvgIpc) is 3.62. The van der Waals surface area contributed by atoms with Gasteiger partial charge in [0.25, 0.3) is 5.91 Å². The molecule has 1 aliphatic rings. The number of hydrogen-bond donors (Lipinski definition) is 2. The number of carbonyl (C=O) groups is 2. The minimum absolute atomic E-state index is 0.0301. The second kappa shape index (κ2) is 11.4. The molecule has 9 nitrogen and oxygen atoms in total. The number of benzene rings is 3. The third kappa shape index (κ3) is 5.31. The molecule has 0 fully saturated rings. The molecule has 2 N–H and O–H groups in total. The molecule has 0 atom stereocenters. The maximum absolute atomic E-state index is 13.4. The number of carboxylic acids is 1. The van der Waals surface area contributed by atoms with E-state index in [4.69, 9.17) is 0 Å². The van der Waals surface area contributed by atoms with E-state index in [2.05, 4.69) is 20.4 Å². The quantitative estimate of drug-likeness (QED) is 0.217. The molecule has 0 saturated carbocycles. The molecule has 6 aromatic rings. The number of anilines is 2. The van der Waals surface area contributed by atoms with E-state index >= 15 is 0 Å². The van der Waals surface area contributed by atoms with Gasteiger partial charge in [-0.3, -0.25) is 14.8 Å². The van der Waals surface area contributed by atoms with Crippen LogP contribution in [0.15, 0.2) is 91.1 Å². The molecule has 1 amide bonds. The molecule has 3 aromatic carbocycles. The number of thiazole rings is 1. The molecule has 4 heterocycles. The number of para-hydroxylation sites is 1. The predicted molar refractivity (Wildman–Crippen MR) is 171 cm³/mol. The molecule has 3 aromatic heterocycles. The van der Waals surface area contributed by atoms with Crippen LogP contribution in [-0.2, 0) is 19.5 Å². The Morgan fingerprint density at radius 3 is 2.57 bits per heavy atom. The number of aromatic nitrogens is 4. The van der Waals surface area contributed by atoms with Crippen molar-refractivity contribution < 1.29 is 14.7 Å². The third-order valence-corrected chi connectivity index (χ3v) is 8.81. The van der Waals surface area contributed by atoms with Crippen LogP contribution in [0.1, 0.15) is 43.2 Å². The highest BCUT2D eigenvalue weighted by Crippen LogP contribution is 2.32. The van der Waals surface area contributed by atoms with E-state index in [1.807, 2.05) is 108 Å². The van der Waals surface area contributed by atoms with Crippen LogP contribution in [0.4, 0.5) is 10.9 Å². The van der Waals surface area contributed by atoms with Crippen LogP contribution >= 0.6 is 11.3 Å². The summed E-state index contributed by atoms with van der Waals surface area (Å²) < 4.78 is 2.83. The van der Waals surface area contributed by atoms with Crippen LogP contribution < -0.4 is 10.2 Å². The van der Waals surface area contributed by atoms with E-state index in [1.165, 1.54) is 11.3 Å². The number of amides is 1. The lowest BCUT2D eigenvalue weighted by molar-refractivity contribution is 0.0691. The van der Waals surface area contributed by atoms with Crippen molar-refractivity contribution in [2.45, 2.75) is 26.4 Å². The summed E-state index contributed by atoms with van der Waals surface area (Å²) in [7, 11) is 0. The number of fused-ring (bicyclic) bond motifs is 2. The number of aryl methyl sites for hydroxylation is 1. The molecule has 7 rings (SSSR count). The second-order valence-corrected chi connectivity index (χ2v) is 11.8. The Kier molecular flexibility index (Phi) is 7.11. The number of nitrogens with one attached hydrogen (secondary N) is 1. The molecule has 44 heavy (non-hydrogen) atoms. The van der Waals surface area contributed by atoms with Crippen LogP contribution in [0.5, 0.6) is 0 Å². The molecule has 10 heteroatoms. The van der Waals surface area contributed by atoms with Gasteiger partial charge in [0, 0.05) is 36.0 Å². The van der Waals surface area contributed by atoms with E-state index in [9.17, 15) is 14.7 Å². The molecule has 0 aliphatic carbocycles. The summed E-state index contributed by atoms with van der Waals surface area (Å²) in [5, 5.41) is 18.3. The topological polar surface area (TPSA) is 113 Å². The van der Waals surface area contributed by atoms with Crippen LogP contribution in [0.2, 0.25) is 0 Å². The maximum Gasteiger partial charge on any atom is 0.355 e. The lowest BCUT2D eigenvalue weighted by Crippen LogP contribution is -2.33. The summed E-state index contributed by atoms with van der Waals surface area (Å²) >= 11 is 1.44. The highest BCUT2D eigenvalue weighted by molar-refractivity contribution is 7.22. The monoisotopic (exact) mass is 600 g/mol. The number of rotatable bonds is 7. The zero-order valence-corrected chi connectivity index (χ0v) is 24.7.